The Morgan fingerprint density at radius 1 is 1.26 bits per heavy atom. The molecule has 9 heteroatoms. The van der Waals surface area contributed by atoms with Gasteiger partial charge in [0.15, 0.2) is 5.54 Å². The van der Waals surface area contributed by atoms with Crippen molar-refractivity contribution in [2.45, 2.75) is 63.4 Å². The summed E-state index contributed by atoms with van der Waals surface area (Å²) in [6.07, 6.45) is -4.17. The summed E-state index contributed by atoms with van der Waals surface area (Å²) >= 11 is -2.03. The first-order chi connectivity index (χ1) is 12.3. The van der Waals surface area contributed by atoms with Gasteiger partial charge >= 0.3 is 5.97 Å². The first-order valence-electron chi connectivity index (χ1n) is 8.39. The number of esters is 1. The molecule has 1 aromatic carbocycles. The summed E-state index contributed by atoms with van der Waals surface area (Å²) in [4.78, 5) is 11.4. The largest absolute Gasteiger partial charge is 0.598 e. The number of nitrogens with one attached hydrogen (secondary N) is 1. The second kappa shape index (κ2) is 8.79. The highest BCUT2D eigenvalue weighted by molar-refractivity contribution is 7.90. The van der Waals surface area contributed by atoms with Crippen LogP contribution in [0.4, 0.5) is 17.6 Å². The summed E-state index contributed by atoms with van der Waals surface area (Å²) in [5.41, 5.74) is -3.02. The zero-order valence-corrected chi connectivity index (χ0v) is 16.8. The van der Waals surface area contributed by atoms with Crippen molar-refractivity contribution in [2.24, 2.45) is 0 Å². The minimum absolute atomic E-state index is 0.165. The molecule has 0 bridgehead atoms. The van der Waals surface area contributed by atoms with Crippen LogP contribution >= 0.6 is 0 Å². The predicted molar refractivity (Wildman–Crippen MR) is 95.9 cm³/mol. The van der Waals surface area contributed by atoms with E-state index in [1.165, 1.54) is 19.1 Å². The second-order valence-corrected chi connectivity index (χ2v) is 9.18. The molecule has 0 aliphatic heterocycles. The Balaban J connectivity index is 3.35. The highest BCUT2D eigenvalue weighted by atomic mass is 32.2. The van der Waals surface area contributed by atoms with Gasteiger partial charge in [0.2, 0.25) is 6.17 Å². The Bertz CT molecular complexity index is 654. The van der Waals surface area contributed by atoms with E-state index in [0.717, 1.165) is 19.1 Å². The van der Waals surface area contributed by atoms with Gasteiger partial charge in [0.1, 0.15) is 10.6 Å². The molecule has 0 aliphatic carbocycles. The van der Waals surface area contributed by atoms with Crippen LogP contribution in [-0.2, 0) is 26.4 Å². The minimum Gasteiger partial charge on any atom is -0.598 e. The monoisotopic (exact) mass is 411 g/mol. The lowest BCUT2D eigenvalue weighted by Crippen LogP contribution is -2.60. The van der Waals surface area contributed by atoms with Crippen LogP contribution in [0.5, 0.6) is 0 Å². The molecule has 3 atom stereocenters. The molecule has 1 aromatic rings. The number of carbonyl (C=O) groups excluding carboxylic acids is 1. The Hall–Kier alpha value is -1.32. The summed E-state index contributed by atoms with van der Waals surface area (Å²) < 4.78 is 76.9. The Labute approximate surface area is 160 Å². The summed E-state index contributed by atoms with van der Waals surface area (Å²) in [7, 11) is 0. The van der Waals surface area contributed by atoms with Crippen molar-refractivity contribution in [1.29, 1.82) is 0 Å². The van der Waals surface area contributed by atoms with Gasteiger partial charge in [-0.2, -0.15) is 0 Å². The molecule has 0 saturated heterocycles. The second-order valence-electron chi connectivity index (χ2n) is 7.22. The molecule has 27 heavy (non-hydrogen) atoms. The zero-order valence-electron chi connectivity index (χ0n) is 15.9. The topological polar surface area (TPSA) is 61.4 Å². The van der Waals surface area contributed by atoms with Crippen molar-refractivity contribution in [3.8, 4) is 0 Å². The van der Waals surface area contributed by atoms with E-state index in [1.54, 1.807) is 20.8 Å². The molecule has 0 spiro atoms. The molecule has 154 valence electrons. The molecule has 0 radical (unpaired) electrons. The summed E-state index contributed by atoms with van der Waals surface area (Å²) in [6, 6.07) is 4.73. The van der Waals surface area contributed by atoms with E-state index in [1.807, 2.05) is 0 Å². The number of alkyl halides is 3. The van der Waals surface area contributed by atoms with Gasteiger partial charge in [-0.15, -0.1) is 4.72 Å². The fraction of sp³-hybridized carbons (Fsp3) is 0.611. The molecule has 1 rings (SSSR count). The van der Waals surface area contributed by atoms with Gasteiger partial charge in [-0.3, -0.25) is 0 Å². The van der Waals surface area contributed by atoms with Crippen LogP contribution < -0.4 is 4.72 Å². The number of rotatable bonds is 8. The average molecular weight is 411 g/mol. The molecule has 1 unspecified atom stereocenters. The van der Waals surface area contributed by atoms with Crippen molar-refractivity contribution < 1.29 is 31.6 Å². The van der Waals surface area contributed by atoms with Crippen LogP contribution in [0.25, 0.3) is 0 Å². The third-order valence-electron chi connectivity index (χ3n) is 3.97. The smallest absolute Gasteiger partial charge is 0.340 e. The van der Waals surface area contributed by atoms with E-state index in [0.29, 0.717) is 0 Å². The third kappa shape index (κ3) is 5.58. The highest BCUT2D eigenvalue weighted by Crippen LogP contribution is 2.43. The Kier molecular flexibility index (Phi) is 7.72. The van der Waals surface area contributed by atoms with Crippen LogP contribution in [0, 0.1) is 5.82 Å². The van der Waals surface area contributed by atoms with Crippen molar-refractivity contribution in [3.63, 3.8) is 0 Å². The molecule has 0 fully saturated rings. The lowest BCUT2D eigenvalue weighted by molar-refractivity contribution is -0.157. The summed E-state index contributed by atoms with van der Waals surface area (Å²) in [5, 5.41) is 0. The van der Waals surface area contributed by atoms with Gasteiger partial charge in [-0.1, -0.05) is 18.2 Å². The Morgan fingerprint density at radius 2 is 1.81 bits per heavy atom. The maximum absolute atomic E-state index is 15.1. The molecule has 0 aliphatic rings. The Morgan fingerprint density at radius 3 is 2.30 bits per heavy atom. The summed E-state index contributed by atoms with van der Waals surface area (Å²) in [5.74, 6) is -6.36. The first-order valence-corrected chi connectivity index (χ1v) is 9.54. The standard InChI is InChI=1S/C18H25F4NO3S/c1-6-26-15(24)14(20)11-18(21,22)17(5,23-27(25)16(2,3)4)12-9-7-8-10-13(12)19/h7-10,14,23H,6,11H2,1-5H3/t14?,17-,27-/m1/s1. The summed E-state index contributed by atoms with van der Waals surface area (Å²) in [6.45, 7) is 6.83. The van der Waals surface area contributed by atoms with Crippen molar-refractivity contribution in [1.82, 2.24) is 4.72 Å². The zero-order chi connectivity index (χ0) is 21.0. The number of hydrogen-bond acceptors (Lipinski definition) is 4. The van der Waals surface area contributed by atoms with E-state index >= 15 is 8.78 Å². The van der Waals surface area contributed by atoms with Crippen LogP contribution in [0.15, 0.2) is 24.3 Å². The molecule has 0 saturated carbocycles. The van der Waals surface area contributed by atoms with Gasteiger partial charge in [-0.05, 0) is 40.7 Å². The number of hydrogen-bond donors (Lipinski definition) is 1. The molecule has 0 aromatic heterocycles. The quantitative estimate of drug-likeness (QED) is 0.399. The van der Waals surface area contributed by atoms with Gasteiger partial charge in [0.25, 0.3) is 5.92 Å². The van der Waals surface area contributed by atoms with Gasteiger partial charge in [0, 0.05) is 16.9 Å². The molecule has 4 nitrogen and oxygen atoms in total. The first kappa shape index (κ1) is 23.7. The molecule has 0 heterocycles. The number of benzene rings is 1. The number of carbonyl (C=O) groups is 1. The van der Waals surface area contributed by atoms with E-state index in [4.69, 9.17) is 0 Å². The highest BCUT2D eigenvalue weighted by Gasteiger charge is 2.58. The van der Waals surface area contributed by atoms with Gasteiger partial charge in [0.05, 0.1) is 13.0 Å². The minimum atomic E-state index is -3.97. The maximum atomic E-state index is 15.1. The fourth-order valence-corrected chi connectivity index (χ4v) is 3.21. The maximum Gasteiger partial charge on any atom is 0.340 e. The molecular weight excluding hydrogens is 386 g/mol. The van der Waals surface area contributed by atoms with Crippen molar-refractivity contribution in [2.75, 3.05) is 6.61 Å². The number of halogens is 4. The molecule has 1 N–H and O–H groups in total. The van der Waals surface area contributed by atoms with Crippen molar-refractivity contribution in [3.05, 3.63) is 35.6 Å². The SMILES string of the molecule is CCOC(=O)C(F)CC(F)(F)[C@](C)(N[S@+]([O-])C(C)(C)C)c1ccccc1F. The van der Waals surface area contributed by atoms with Crippen LogP contribution in [0.1, 0.15) is 46.6 Å². The van der Waals surface area contributed by atoms with E-state index in [-0.39, 0.29) is 6.61 Å². The van der Waals surface area contributed by atoms with E-state index in [9.17, 15) is 18.1 Å². The lowest BCUT2D eigenvalue weighted by atomic mass is 9.83. The average Bonchev–Trinajstić information content (AvgIpc) is 2.53. The third-order valence-corrected chi connectivity index (χ3v) is 5.68. The normalized spacial score (nSPS) is 17.1. The lowest BCUT2D eigenvalue weighted by Gasteiger charge is -2.40. The van der Waals surface area contributed by atoms with Crippen LogP contribution in [0.2, 0.25) is 0 Å². The van der Waals surface area contributed by atoms with Gasteiger partial charge < -0.3 is 9.29 Å². The predicted octanol–water partition coefficient (Wildman–Crippen LogP) is 4.02. The van der Waals surface area contributed by atoms with Crippen LogP contribution in [-0.4, -0.2) is 34.0 Å². The van der Waals surface area contributed by atoms with E-state index in [2.05, 4.69) is 9.46 Å². The fourth-order valence-electron chi connectivity index (χ4n) is 2.28. The van der Waals surface area contributed by atoms with Crippen molar-refractivity contribution >= 4 is 17.3 Å². The van der Waals surface area contributed by atoms with Crippen LogP contribution in [0.3, 0.4) is 0 Å². The van der Waals surface area contributed by atoms with E-state index < -0.39 is 57.5 Å². The molecular formula is C18H25F4NO3S. The van der Waals surface area contributed by atoms with Gasteiger partial charge in [-0.25, -0.2) is 22.4 Å². The molecule has 0 amide bonds. The number of ether oxygens (including phenoxy) is 1.